The zero-order valence-corrected chi connectivity index (χ0v) is 15.1. The smallest absolute Gasteiger partial charge is 0.239 e. The van der Waals surface area contributed by atoms with Crippen molar-refractivity contribution in [3.63, 3.8) is 0 Å². The summed E-state index contributed by atoms with van der Waals surface area (Å²) in [7, 11) is 0. The second kappa shape index (κ2) is 13.1. The number of hydrogen-bond donors (Lipinski definition) is 1. The minimum Gasteiger partial charge on any atom is -0.342 e. The number of hydrogen-bond acceptors (Lipinski definition) is 2. The van der Waals surface area contributed by atoms with Gasteiger partial charge in [-0.05, 0) is 33.6 Å². The summed E-state index contributed by atoms with van der Waals surface area (Å²) in [5.41, 5.74) is 0. The van der Waals surface area contributed by atoms with Crippen LogP contribution in [0.1, 0.15) is 86.0 Å². The van der Waals surface area contributed by atoms with Gasteiger partial charge < -0.3 is 10.2 Å². The largest absolute Gasteiger partial charge is 0.342 e. The third-order valence-corrected chi connectivity index (χ3v) is 4.24. The van der Waals surface area contributed by atoms with Crippen molar-refractivity contribution in [3.05, 3.63) is 0 Å². The summed E-state index contributed by atoms with van der Waals surface area (Å²) in [6.07, 6.45) is 10.1. The van der Waals surface area contributed by atoms with Crippen LogP contribution in [0.4, 0.5) is 0 Å². The number of nitrogens with zero attached hydrogens (tertiary/aromatic N) is 1. The number of carbonyl (C=O) groups excluding carboxylic acids is 1. The molecule has 0 aliphatic heterocycles. The van der Waals surface area contributed by atoms with Crippen molar-refractivity contribution < 1.29 is 4.79 Å². The second-order valence-corrected chi connectivity index (χ2v) is 6.09. The van der Waals surface area contributed by atoms with Gasteiger partial charge in [0.25, 0.3) is 0 Å². The van der Waals surface area contributed by atoms with Crippen LogP contribution >= 0.6 is 0 Å². The Kier molecular flexibility index (Phi) is 12.8. The molecule has 0 aromatic heterocycles. The van der Waals surface area contributed by atoms with Crippen molar-refractivity contribution >= 4 is 5.91 Å². The lowest BCUT2D eigenvalue weighted by Crippen LogP contribution is -2.48. The predicted octanol–water partition coefficient (Wildman–Crippen LogP) is 4.36. The number of rotatable bonds is 13. The maximum atomic E-state index is 12.4. The first-order valence-electron chi connectivity index (χ1n) is 9.15. The molecule has 0 aromatic rings. The molecule has 3 nitrogen and oxygen atoms in total. The zero-order valence-electron chi connectivity index (χ0n) is 15.1. The van der Waals surface area contributed by atoms with E-state index in [1.165, 1.54) is 51.4 Å². The van der Waals surface area contributed by atoms with Crippen molar-refractivity contribution in [1.29, 1.82) is 0 Å². The Morgan fingerprint density at radius 2 is 1.38 bits per heavy atom. The van der Waals surface area contributed by atoms with E-state index in [-0.39, 0.29) is 11.9 Å². The van der Waals surface area contributed by atoms with E-state index in [1.54, 1.807) is 0 Å². The summed E-state index contributed by atoms with van der Waals surface area (Å²) in [5.74, 6) is 0.246. The third-order valence-electron chi connectivity index (χ3n) is 4.24. The Bertz CT molecular complexity index is 242. The number of unbranched alkanes of at least 4 members (excludes halogenated alkanes) is 4. The summed E-state index contributed by atoms with van der Waals surface area (Å²) < 4.78 is 0. The van der Waals surface area contributed by atoms with Crippen LogP contribution in [-0.2, 0) is 4.79 Å². The average molecular weight is 299 g/mol. The van der Waals surface area contributed by atoms with Gasteiger partial charge >= 0.3 is 0 Å². The van der Waals surface area contributed by atoms with Gasteiger partial charge in [-0.3, -0.25) is 4.79 Å². The summed E-state index contributed by atoms with van der Waals surface area (Å²) in [6, 6.07) is 0.441. The van der Waals surface area contributed by atoms with Gasteiger partial charge in [0.15, 0.2) is 0 Å². The molecule has 126 valence electrons. The number of amides is 1. The molecular weight excluding hydrogens is 260 g/mol. The molecule has 1 amide bonds. The monoisotopic (exact) mass is 298 g/mol. The van der Waals surface area contributed by atoms with Crippen LogP contribution in [0.5, 0.6) is 0 Å². The normalized spacial score (nSPS) is 12.7. The molecule has 0 saturated carbocycles. The van der Waals surface area contributed by atoms with Crippen LogP contribution in [0.15, 0.2) is 0 Å². The highest BCUT2D eigenvalue weighted by Crippen LogP contribution is 2.12. The average Bonchev–Trinajstić information content (AvgIpc) is 2.48. The van der Waals surface area contributed by atoms with Gasteiger partial charge in [0, 0.05) is 19.1 Å². The van der Waals surface area contributed by atoms with Crippen molar-refractivity contribution in [1.82, 2.24) is 10.2 Å². The Labute approximate surface area is 132 Å². The topological polar surface area (TPSA) is 32.3 Å². The van der Waals surface area contributed by atoms with Gasteiger partial charge in [-0.2, -0.15) is 0 Å². The highest BCUT2D eigenvalue weighted by molar-refractivity contribution is 5.81. The molecule has 0 heterocycles. The Morgan fingerprint density at radius 3 is 1.76 bits per heavy atom. The van der Waals surface area contributed by atoms with Crippen molar-refractivity contribution in [2.75, 3.05) is 13.1 Å². The van der Waals surface area contributed by atoms with E-state index in [4.69, 9.17) is 0 Å². The fraction of sp³-hybridized carbons (Fsp3) is 0.944. The minimum atomic E-state index is -0.0573. The molecule has 0 bridgehead atoms. The summed E-state index contributed by atoms with van der Waals surface area (Å²) in [5, 5.41) is 3.59. The summed E-state index contributed by atoms with van der Waals surface area (Å²) in [4.78, 5) is 14.3. The van der Waals surface area contributed by atoms with E-state index in [0.29, 0.717) is 6.04 Å². The highest BCUT2D eigenvalue weighted by atomic mass is 16.2. The van der Waals surface area contributed by atoms with Gasteiger partial charge in [0.1, 0.15) is 0 Å². The molecule has 1 atom stereocenters. The Morgan fingerprint density at radius 1 is 0.905 bits per heavy atom. The first-order valence-corrected chi connectivity index (χ1v) is 9.15. The molecule has 3 heteroatoms. The molecule has 1 N–H and O–H groups in total. The summed E-state index contributed by atoms with van der Waals surface area (Å²) in [6.45, 7) is 12.2. The highest BCUT2D eigenvalue weighted by Gasteiger charge is 2.20. The van der Waals surface area contributed by atoms with E-state index < -0.39 is 0 Å². The molecule has 21 heavy (non-hydrogen) atoms. The molecule has 0 aromatic carbocycles. The number of carbonyl (C=O) groups is 1. The van der Waals surface area contributed by atoms with E-state index in [9.17, 15) is 4.79 Å². The van der Waals surface area contributed by atoms with Crippen LogP contribution in [0.2, 0.25) is 0 Å². The van der Waals surface area contributed by atoms with E-state index in [1.807, 2.05) is 25.7 Å². The van der Waals surface area contributed by atoms with Crippen LogP contribution in [0.25, 0.3) is 0 Å². The van der Waals surface area contributed by atoms with E-state index in [2.05, 4.69) is 19.2 Å². The number of nitrogens with one attached hydrogen (secondary N) is 1. The first kappa shape index (κ1) is 20.4. The van der Waals surface area contributed by atoms with Gasteiger partial charge in [-0.1, -0.05) is 52.4 Å². The zero-order chi connectivity index (χ0) is 16.1. The molecule has 0 aliphatic carbocycles. The second-order valence-electron chi connectivity index (χ2n) is 6.09. The molecule has 0 fully saturated rings. The maximum Gasteiger partial charge on any atom is 0.239 e. The Balaban J connectivity index is 4.36. The lowest BCUT2D eigenvalue weighted by molar-refractivity contribution is -0.132. The Hall–Kier alpha value is -0.570. The fourth-order valence-corrected chi connectivity index (χ4v) is 2.83. The summed E-state index contributed by atoms with van der Waals surface area (Å²) >= 11 is 0. The molecule has 0 radical (unpaired) electrons. The lowest BCUT2D eigenvalue weighted by Gasteiger charge is -2.27. The predicted molar refractivity (Wildman–Crippen MR) is 92.6 cm³/mol. The molecule has 0 rings (SSSR count). The molecule has 0 aliphatic rings. The van der Waals surface area contributed by atoms with Gasteiger partial charge in [-0.25, -0.2) is 0 Å². The quantitative estimate of drug-likeness (QED) is 0.512. The first-order chi connectivity index (χ1) is 10.1. The minimum absolute atomic E-state index is 0.0573. The van der Waals surface area contributed by atoms with Gasteiger partial charge in [0.05, 0.1) is 6.04 Å². The van der Waals surface area contributed by atoms with Crippen molar-refractivity contribution in [2.45, 2.75) is 98.1 Å². The molecule has 1 unspecified atom stereocenters. The SMILES string of the molecule is CCCCCC(CCCCC)NC(C)C(=O)N(CC)CC. The number of likely N-dealkylation sites (N-methyl/N-ethyl adjacent to an activating group) is 1. The van der Waals surface area contributed by atoms with Crippen molar-refractivity contribution in [3.8, 4) is 0 Å². The van der Waals surface area contributed by atoms with Crippen molar-refractivity contribution in [2.24, 2.45) is 0 Å². The molecule has 0 spiro atoms. The lowest BCUT2D eigenvalue weighted by atomic mass is 10.0. The van der Waals surface area contributed by atoms with E-state index >= 15 is 0 Å². The fourth-order valence-electron chi connectivity index (χ4n) is 2.83. The van der Waals surface area contributed by atoms with Crippen LogP contribution in [-0.4, -0.2) is 36.0 Å². The third kappa shape index (κ3) is 9.13. The maximum absolute atomic E-state index is 12.4. The van der Waals surface area contributed by atoms with Crippen LogP contribution < -0.4 is 5.32 Å². The van der Waals surface area contributed by atoms with Gasteiger partial charge in [0.2, 0.25) is 5.91 Å². The van der Waals surface area contributed by atoms with E-state index in [0.717, 1.165) is 13.1 Å². The van der Waals surface area contributed by atoms with Crippen LogP contribution in [0.3, 0.4) is 0 Å². The van der Waals surface area contributed by atoms with Gasteiger partial charge in [-0.15, -0.1) is 0 Å². The molecular formula is C18H38N2O. The van der Waals surface area contributed by atoms with Crippen LogP contribution in [0, 0.1) is 0 Å². The molecule has 0 saturated heterocycles. The standard InChI is InChI=1S/C18H38N2O/c1-6-10-12-14-17(15-13-11-7-2)19-16(5)18(21)20(8-3)9-4/h16-17,19H,6-15H2,1-5H3.